The molecule has 7 heteroatoms. The summed E-state index contributed by atoms with van der Waals surface area (Å²) >= 11 is 0. The first-order chi connectivity index (χ1) is 13.0. The van der Waals surface area contributed by atoms with E-state index in [1.807, 2.05) is 37.3 Å². The van der Waals surface area contributed by atoms with Gasteiger partial charge in [0.1, 0.15) is 5.76 Å². The maximum Gasteiger partial charge on any atom is 0.228 e. The number of nitrogens with zero attached hydrogens (tertiary/aromatic N) is 3. The van der Waals surface area contributed by atoms with Gasteiger partial charge in [0.25, 0.3) is 0 Å². The van der Waals surface area contributed by atoms with Crippen molar-refractivity contribution in [1.82, 2.24) is 14.8 Å². The monoisotopic (exact) mass is 369 g/mol. The molecule has 2 aliphatic rings. The van der Waals surface area contributed by atoms with Crippen LogP contribution in [-0.4, -0.2) is 65.5 Å². The Kier molecular flexibility index (Phi) is 4.70. The maximum absolute atomic E-state index is 12.8. The average molecular weight is 369 g/mol. The highest BCUT2D eigenvalue weighted by Crippen LogP contribution is 2.25. The Morgan fingerprint density at radius 1 is 1.26 bits per heavy atom. The minimum Gasteiger partial charge on any atom is -0.441 e. The van der Waals surface area contributed by atoms with E-state index in [2.05, 4.69) is 4.98 Å². The second kappa shape index (κ2) is 7.15. The molecular weight excluding hydrogens is 346 g/mol. The number of hydrogen-bond acceptors (Lipinski definition) is 5. The Balaban J connectivity index is 1.46. The normalized spacial score (nSPS) is 22.7. The highest BCUT2D eigenvalue weighted by atomic mass is 16.5. The predicted molar refractivity (Wildman–Crippen MR) is 97.9 cm³/mol. The summed E-state index contributed by atoms with van der Waals surface area (Å²) in [6, 6.07) is 9.55. The first-order valence-corrected chi connectivity index (χ1v) is 9.19. The molecule has 0 aliphatic carbocycles. The standard InChI is InChI=1S/C20H23N3O4/c1-13-15(21-20(27-13)14-6-4-3-5-7-14)10-19(25)23-11-16-17(12-23)26-9-8-18(24)22(16)2/h3-7,16-17H,8-12H2,1-2H3/t16-,17-/m0/s1. The largest absolute Gasteiger partial charge is 0.441 e. The first kappa shape index (κ1) is 17.7. The summed E-state index contributed by atoms with van der Waals surface area (Å²) in [5, 5.41) is 0. The lowest BCUT2D eigenvalue weighted by Crippen LogP contribution is -2.43. The number of amides is 2. The lowest BCUT2D eigenvalue weighted by atomic mass is 10.2. The fourth-order valence-electron chi connectivity index (χ4n) is 3.71. The number of carbonyl (C=O) groups is 2. The van der Waals surface area contributed by atoms with Crippen LogP contribution in [0.15, 0.2) is 34.7 Å². The van der Waals surface area contributed by atoms with E-state index in [9.17, 15) is 9.59 Å². The van der Waals surface area contributed by atoms with Crippen molar-refractivity contribution in [2.45, 2.75) is 31.9 Å². The molecule has 142 valence electrons. The third-order valence-corrected chi connectivity index (χ3v) is 5.36. The van der Waals surface area contributed by atoms with E-state index in [0.717, 1.165) is 5.56 Å². The summed E-state index contributed by atoms with van der Waals surface area (Å²) in [6.07, 6.45) is 0.459. The maximum atomic E-state index is 12.8. The van der Waals surface area contributed by atoms with Crippen LogP contribution in [0, 0.1) is 6.92 Å². The van der Waals surface area contributed by atoms with E-state index in [1.54, 1.807) is 16.8 Å². The van der Waals surface area contributed by atoms with Crippen molar-refractivity contribution in [3.05, 3.63) is 41.8 Å². The second-order valence-electron chi connectivity index (χ2n) is 7.09. The minimum atomic E-state index is -0.122. The van der Waals surface area contributed by atoms with Gasteiger partial charge >= 0.3 is 0 Å². The lowest BCUT2D eigenvalue weighted by molar-refractivity contribution is -0.133. The van der Waals surface area contributed by atoms with Gasteiger partial charge in [0.2, 0.25) is 17.7 Å². The average Bonchev–Trinajstić information content (AvgIpc) is 3.23. The van der Waals surface area contributed by atoms with Crippen molar-refractivity contribution in [2.24, 2.45) is 0 Å². The Morgan fingerprint density at radius 3 is 2.81 bits per heavy atom. The van der Waals surface area contributed by atoms with E-state index in [4.69, 9.17) is 9.15 Å². The molecule has 27 heavy (non-hydrogen) atoms. The molecule has 2 amide bonds. The van der Waals surface area contributed by atoms with Gasteiger partial charge in [-0.2, -0.15) is 0 Å². The zero-order valence-corrected chi connectivity index (χ0v) is 15.6. The minimum absolute atomic E-state index is 0.0245. The highest BCUT2D eigenvalue weighted by Gasteiger charge is 2.41. The summed E-state index contributed by atoms with van der Waals surface area (Å²) in [7, 11) is 1.79. The van der Waals surface area contributed by atoms with Gasteiger partial charge in [0.15, 0.2) is 0 Å². The van der Waals surface area contributed by atoms with Gasteiger partial charge in [-0.1, -0.05) is 18.2 Å². The third-order valence-electron chi connectivity index (χ3n) is 5.36. The summed E-state index contributed by atoms with van der Waals surface area (Å²) in [4.78, 5) is 32.8. The number of hydrogen-bond donors (Lipinski definition) is 0. The van der Waals surface area contributed by atoms with Crippen LogP contribution in [0.3, 0.4) is 0 Å². The molecule has 1 aromatic carbocycles. The van der Waals surface area contributed by atoms with Gasteiger partial charge in [0, 0.05) is 25.7 Å². The summed E-state index contributed by atoms with van der Waals surface area (Å²) in [5.41, 5.74) is 1.53. The van der Waals surface area contributed by atoms with Crippen LogP contribution in [0.5, 0.6) is 0 Å². The number of fused-ring (bicyclic) bond motifs is 1. The number of ether oxygens (including phenoxy) is 1. The molecule has 0 radical (unpaired) electrons. The molecule has 0 N–H and O–H groups in total. The van der Waals surface area contributed by atoms with Crippen LogP contribution in [0.4, 0.5) is 0 Å². The summed E-state index contributed by atoms with van der Waals surface area (Å²) < 4.78 is 11.5. The molecular formula is C20H23N3O4. The molecule has 4 rings (SSSR count). The topological polar surface area (TPSA) is 75.9 Å². The Hall–Kier alpha value is -2.67. The molecule has 0 bridgehead atoms. The summed E-state index contributed by atoms with van der Waals surface area (Å²) in [6.45, 7) is 3.23. The van der Waals surface area contributed by atoms with Gasteiger partial charge in [-0.05, 0) is 19.1 Å². The molecule has 3 heterocycles. The van der Waals surface area contributed by atoms with Gasteiger partial charge in [-0.25, -0.2) is 4.98 Å². The fraction of sp³-hybridized carbons (Fsp3) is 0.450. The van der Waals surface area contributed by atoms with Crippen LogP contribution in [0.1, 0.15) is 17.9 Å². The van der Waals surface area contributed by atoms with Crippen LogP contribution in [0.2, 0.25) is 0 Å². The van der Waals surface area contributed by atoms with Gasteiger partial charge in [-0.3, -0.25) is 9.59 Å². The molecule has 2 atom stereocenters. The zero-order chi connectivity index (χ0) is 19.0. The van der Waals surface area contributed by atoms with Crippen LogP contribution < -0.4 is 0 Å². The zero-order valence-electron chi connectivity index (χ0n) is 15.6. The molecule has 1 aromatic heterocycles. The third kappa shape index (κ3) is 3.47. The van der Waals surface area contributed by atoms with E-state index in [0.29, 0.717) is 43.5 Å². The number of likely N-dealkylation sites (N-methyl/N-ethyl adjacent to an activating group) is 1. The molecule has 0 saturated carbocycles. The van der Waals surface area contributed by atoms with Crippen molar-refractivity contribution >= 4 is 11.8 Å². The molecule has 0 unspecified atom stereocenters. The van der Waals surface area contributed by atoms with Gasteiger partial charge in [0.05, 0.1) is 37.3 Å². The highest BCUT2D eigenvalue weighted by molar-refractivity contribution is 5.80. The number of benzene rings is 1. The van der Waals surface area contributed by atoms with Crippen molar-refractivity contribution < 1.29 is 18.7 Å². The quantitative estimate of drug-likeness (QED) is 0.822. The van der Waals surface area contributed by atoms with E-state index >= 15 is 0 Å². The molecule has 0 spiro atoms. The van der Waals surface area contributed by atoms with Crippen molar-refractivity contribution in [2.75, 3.05) is 26.7 Å². The molecule has 7 nitrogen and oxygen atoms in total. The van der Waals surface area contributed by atoms with Crippen molar-refractivity contribution in [3.63, 3.8) is 0 Å². The number of rotatable bonds is 3. The first-order valence-electron chi connectivity index (χ1n) is 9.19. The number of likely N-dealkylation sites (tertiary alicyclic amines) is 1. The lowest BCUT2D eigenvalue weighted by Gasteiger charge is -2.25. The van der Waals surface area contributed by atoms with Gasteiger partial charge < -0.3 is 19.0 Å². The Labute approximate surface area is 157 Å². The SMILES string of the molecule is Cc1oc(-c2ccccc2)nc1CC(=O)N1C[C@@H]2OCCC(=O)N(C)[C@H]2C1. The van der Waals surface area contributed by atoms with E-state index in [-0.39, 0.29) is 30.4 Å². The summed E-state index contributed by atoms with van der Waals surface area (Å²) in [5.74, 6) is 1.22. The molecule has 2 aromatic rings. The predicted octanol–water partition coefficient (Wildman–Crippen LogP) is 1.65. The number of aryl methyl sites for hydroxylation is 1. The number of aromatic nitrogens is 1. The van der Waals surface area contributed by atoms with Crippen LogP contribution in [-0.2, 0) is 20.7 Å². The Morgan fingerprint density at radius 2 is 2.04 bits per heavy atom. The van der Waals surface area contributed by atoms with Crippen LogP contribution >= 0.6 is 0 Å². The van der Waals surface area contributed by atoms with Crippen LogP contribution in [0.25, 0.3) is 11.5 Å². The van der Waals surface area contributed by atoms with Crippen molar-refractivity contribution in [1.29, 1.82) is 0 Å². The Bertz CT molecular complexity index is 848. The molecule has 2 aliphatic heterocycles. The number of oxazole rings is 1. The molecule has 2 saturated heterocycles. The molecule has 2 fully saturated rings. The van der Waals surface area contributed by atoms with Crippen molar-refractivity contribution in [3.8, 4) is 11.5 Å². The van der Waals surface area contributed by atoms with E-state index < -0.39 is 0 Å². The second-order valence-corrected chi connectivity index (χ2v) is 7.09. The number of carbonyl (C=O) groups excluding carboxylic acids is 2. The smallest absolute Gasteiger partial charge is 0.228 e. The fourth-order valence-corrected chi connectivity index (χ4v) is 3.71. The van der Waals surface area contributed by atoms with E-state index in [1.165, 1.54) is 0 Å². The van der Waals surface area contributed by atoms with Gasteiger partial charge in [-0.15, -0.1) is 0 Å².